The number of aromatic nitrogens is 4. The first kappa shape index (κ1) is 21.0. The Hall–Kier alpha value is -3.88. The van der Waals surface area contributed by atoms with Crippen LogP contribution in [-0.4, -0.2) is 49.7 Å². The van der Waals surface area contributed by atoms with Crippen molar-refractivity contribution in [3.63, 3.8) is 0 Å². The fraction of sp³-hybridized carbons (Fsp3) is 0.333. The second kappa shape index (κ2) is 8.57. The molecule has 3 heterocycles. The van der Waals surface area contributed by atoms with Gasteiger partial charge in [0.15, 0.2) is 0 Å². The maximum atomic E-state index is 13.5. The largest absolute Gasteiger partial charge is 0.465 e. The van der Waals surface area contributed by atoms with Crippen molar-refractivity contribution >= 4 is 33.8 Å². The number of hydrogen-bond acceptors (Lipinski definition) is 5. The van der Waals surface area contributed by atoms with Gasteiger partial charge in [0.2, 0.25) is 5.95 Å². The first-order valence-electron chi connectivity index (χ1n) is 11.2. The fourth-order valence-corrected chi connectivity index (χ4v) is 4.77. The Morgan fingerprint density at radius 2 is 2.03 bits per heavy atom. The van der Waals surface area contributed by atoms with Gasteiger partial charge in [0.25, 0.3) is 5.56 Å². The Labute approximate surface area is 190 Å². The van der Waals surface area contributed by atoms with Crippen LogP contribution in [0.4, 0.5) is 10.7 Å². The summed E-state index contributed by atoms with van der Waals surface area (Å²) in [6.07, 6.45) is 2.26. The zero-order valence-electron chi connectivity index (χ0n) is 18.4. The molecule has 2 aromatic carbocycles. The van der Waals surface area contributed by atoms with Crippen LogP contribution in [0.1, 0.15) is 25.3 Å². The summed E-state index contributed by atoms with van der Waals surface area (Å²) in [5, 5.41) is 18.3. The number of rotatable bonds is 5. The third-order valence-corrected chi connectivity index (χ3v) is 6.28. The lowest BCUT2D eigenvalue weighted by Gasteiger charge is -2.33. The molecule has 0 radical (unpaired) electrons. The minimum absolute atomic E-state index is 0.164. The van der Waals surface area contributed by atoms with E-state index in [1.165, 1.54) is 4.68 Å². The Kier molecular flexibility index (Phi) is 5.45. The normalized spacial score (nSPS) is 16.4. The Morgan fingerprint density at radius 1 is 1.21 bits per heavy atom. The number of piperidine rings is 1. The molecule has 1 saturated heterocycles. The van der Waals surface area contributed by atoms with Crippen molar-refractivity contribution in [2.75, 3.05) is 18.0 Å². The second-order valence-electron chi connectivity index (χ2n) is 8.37. The summed E-state index contributed by atoms with van der Waals surface area (Å²) in [7, 11) is 0. The van der Waals surface area contributed by atoms with Gasteiger partial charge in [0.05, 0.1) is 12.7 Å². The van der Waals surface area contributed by atoms with Crippen LogP contribution in [0, 0.1) is 0 Å². The lowest BCUT2D eigenvalue weighted by Crippen LogP contribution is -2.48. The molecule has 2 aromatic heterocycles. The highest BCUT2D eigenvalue weighted by atomic mass is 16.4. The zero-order valence-corrected chi connectivity index (χ0v) is 18.4. The maximum absolute atomic E-state index is 13.5. The van der Waals surface area contributed by atoms with Gasteiger partial charge < -0.3 is 19.9 Å². The number of carbonyl (C=O) groups is 1. The highest BCUT2D eigenvalue weighted by Crippen LogP contribution is 2.24. The monoisotopic (exact) mass is 446 g/mol. The molecular formula is C24H26N6O3. The minimum atomic E-state index is -1.02. The van der Waals surface area contributed by atoms with Gasteiger partial charge in [-0.2, -0.15) is 5.10 Å². The van der Waals surface area contributed by atoms with E-state index in [1.54, 1.807) is 6.20 Å². The van der Waals surface area contributed by atoms with Crippen molar-refractivity contribution in [1.29, 1.82) is 0 Å². The van der Waals surface area contributed by atoms with Crippen molar-refractivity contribution in [2.24, 2.45) is 0 Å². The molecule has 9 nitrogen and oxygen atoms in total. The summed E-state index contributed by atoms with van der Waals surface area (Å²) < 4.78 is 3.41. The number of amides is 1. The molecule has 0 bridgehead atoms. The average Bonchev–Trinajstić information content (AvgIpc) is 3.20. The first-order valence-corrected chi connectivity index (χ1v) is 11.2. The standard InChI is InChI=1S/C24H26N6O3/c1-2-29-21-20(27-23(29)28-12-6-10-18(15-28)26-24(32)33)13-25-30(22(21)31)14-17-9-5-8-16-7-3-4-11-19(16)17/h3-5,7-9,11,13,18,26H,2,6,10,12,14-15H2,1H3,(H,32,33). The van der Waals surface area contributed by atoms with Gasteiger partial charge in [-0.3, -0.25) is 4.79 Å². The Bertz CT molecular complexity index is 1390. The van der Waals surface area contributed by atoms with Crippen LogP contribution in [0.25, 0.3) is 21.8 Å². The molecule has 1 aliphatic rings. The van der Waals surface area contributed by atoms with Crippen LogP contribution in [0.2, 0.25) is 0 Å². The van der Waals surface area contributed by atoms with E-state index < -0.39 is 6.09 Å². The zero-order chi connectivity index (χ0) is 22.9. The predicted molar refractivity (Wildman–Crippen MR) is 127 cm³/mol. The van der Waals surface area contributed by atoms with Crippen molar-refractivity contribution in [1.82, 2.24) is 24.6 Å². The van der Waals surface area contributed by atoms with Gasteiger partial charge in [0, 0.05) is 25.7 Å². The highest BCUT2D eigenvalue weighted by molar-refractivity contribution is 5.85. The van der Waals surface area contributed by atoms with Crippen LogP contribution in [0.15, 0.2) is 53.5 Å². The number of fused-ring (bicyclic) bond motifs is 2. The summed E-state index contributed by atoms with van der Waals surface area (Å²) >= 11 is 0. The highest BCUT2D eigenvalue weighted by Gasteiger charge is 2.26. The number of aryl methyl sites for hydroxylation is 1. The van der Waals surface area contributed by atoms with Crippen LogP contribution in [-0.2, 0) is 13.1 Å². The summed E-state index contributed by atoms with van der Waals surface area (Å²) in [4.78, 5) is 31.3. The van der Waals surface area contributed by atoms with E-state index in [0.717, 1.165) is 35.7 Å². The third kappa shape index (κ3) is 3.90. The average molecular weight is 447 g/mol. The second-order valence-corrected chi connectivity index (χ2v) is 8.37. The lowest BCUT2D eigenvalue weighted by atomic mass is 10.0. The third-order valence-electron chi connectivity index (χ3n) is 6.28. The number of hydrogen-bond donors (Lipinski definition) is 2. The lowest BCUT2D eigenvalue weighted by molar-refractivity contribution is 0.188. The number of carboxylic acid groups (broad SMARTS) is 1. The van der Waals surface area contributed by atoms with E-state index >= 15 is 0 Å². The van der Waals surface area contributed by atoms with Crippen molar-refractivity contribution < 1.29 is 9.90 Å². The summed E-state index contributed by atoms with van der Waals surface area (Å²) in [5.41, 5.74) is 1.93. The van der Waals surface area contributed by atoms with Gasteiger partial charge in [-0.1, -0.05) is 42.5 Å². The van der Waals surface area contributed by atoms with E-state index in [9.17, 15) is 9.59 Å². The number of benzene rings is 2. The minimum Gasteiger partial charge on any atom is -0.465 e. The first-order chi connectivity index (χ1) is 16.0. The molecule has 5 rings (SSSR count). The molecule has 1 unspecified atom stereocenters. The van der Waals surface area contributed by atoms with Crippen LogP contribution in [0.3, 0.4) is 0 Å². The number of nitrogens with zero attached hydrogens (tertiary/aromatic N) is 5. The molecule has 0 aliphatic carbocycles. The number of anilines is 1. The molecule has 0 saturated carbocycles. The molecule has 4 aromatic rings. The van der Waals surface area contributed by atoms with Crippen LogP contribution < -0.4 is 15.8 Å². The SMILES string of the molecule is CCn1c(N2CCCC(NC(=O)O)C2)nc2cnn(Cc3cccc4ccccc34)c(=O)c21. The van der Waals surface area contributed by atoms with Crippen molar-refractivity contribution in [3.8, 4) is 0 Å². The molecule has 1 atom stereocenters. The smallest absolute Gasteiger partial charge is 0.404 e. The van der Waals surface area contributed by atoms with E-state index in [-0.39, 0.29) is 11.6 Å². The number of imidazole rings is 1. The van der Waals surface area contributed by atoms with Gasteiger partial charge in [-0.25, -0.2) is 14.5 Å². The molecule has 1 aliphatic heterocycles. The topological polar surface area (TPSA) is 105 Å². The van der Waals surface area contributed by atoms with Crippen molar-refractivity contribution in [2.45, 2.75) is 38.9 Å². The molecular weight excluding hydrogens is 420 g/mol. The summed E-state index contributed by atoms with van der Waals surface area (Å²) in [6, 6.07) is 14.0. The number of nitrogens with one attached hydrogen (secondary N) is 1. The van der Waals surface area contributed by atoms with Crippen molar-refractivity contribution in [3.05, 3.63) is 64.6 Å². The summed E-state index contributed by atoms with van der Waals surface area (Å²) in [6.45, 7) is 4.21. The quantitative estimate of drug-likeness (QED) is 0.488. The molecule has 1 fully saturated rings. The molecule has 0 spiro atoms. The predicted octanol–water partition coefficient (Wildman–Crippen LogP) is 3.05. The van der Waals surface area contributed by atoms with E-state index in [2.05, 4.69) is 33.5 Å². The Morgan fingerprint density at radius 3 is 2.85 bits per heavy atom. The summed E-state index contributed by atoms with van der Waals surface area (Å²) in [5.74, 6) is 0.686. The van der Waals surface area contributed by atoms with Crippen LogP contribution in [0.5, 0.6) is 0 Å². The van der Waals surface area contributed by atoms with E-state index in [4.69, 9.17) is 10.1 Å². The fourth-order valence-electron chi connectivity index (χ4n) is 4.77. The Balaban J connectivity index is 1.53. The maximum Gasteiger partial charge on any atom is 0.404 e. The van der Waals surface area contributed by atoms with Gasteiger partial charge in [-0.15, -0.1) is 0 Å². The van der Waals surface area contributed by atoms with Gasteiger partial charge in [-0.05, 0) is 36.1 Å². The molecule has 1 amide bonds. The molecule has 9 heteroatoms. The van der Waals surface area contributed by atoms with Gasteiger partial charge in [0.1, 0.15) is 11.0 Å². The van der Waals surface area contributed by atoms with Crippen LogP contribution >= 0.6 is 0 Å². The van der Waals surface area contributed by atoms with E-state index in [1.807, 2.05) is 35.8 Å². The van der Waals surface area contributed by atoms with E-state index in [0.29, 0.717) is 36.6 Å². The van der Waals surface area contributed by atoms with Gasteiger partial charge >= 0.3 is 6.09 Å². The molecule has 33 heavy (non-hydrogen) atoms. The molecule has 2 N–H and O–H groups in total. The molecule has 170 valence electrons.